The molecule has 1 aromatic rings. The second-order valence-electron chi connectivity index (χ2n) is 5.10. The van der Waals surface area contributed by atoms with Gasteiger partial charge in [-0.25, -0.2) is 4.98 Å². The summed E-state index contributed by atoms with van der Waals surface area (Å²) in [5.74, 6) is 1.20. The van der Waals surface area contributed by atoms with E-state index in [1.54, 1.807) is 18.2 Å². The van der Waals surface area contributed by atoms with Crippen molar-refractivity contribution in [3.8, 4) is 6.07 Å². The van der Waals surface area contributed by atoms with Crippen molar-refractivity contribution in [2.45, 2.75) is 55.4 Å². The van der Waals surface area contributed by atoms with E-state index in [1.807, 2.05) is 73.6 Å². The molecule has 0 saturated heterocycles. The fraction of sp³-hybridized carbons (Fsp3) is 0.333. The Morgan fingerprint density at radius 2 is 1.54 bits per heavy atom. The van der Waals surface area contributed by atoms with Gasteiger partial charge >= 0.3 is 0 Å². The summed E-state index contributed by atoms with van der Waals surface area (Å²) in [6, 6.07) is 2.23. The van der Waals surface area contributed by atoms with Crippen LogP contribution in [0.3, 0.4) is 0 Å². The lowest BCUT2D eigenvalue weighted by molar-refractivity contribution is 1.17. The lowest BCUT2D eigenvalue weighted by Gasteiger charge is -2.17. The lowest BCUT2D eigenvalue weighted by Crippen LogP contribution is -2.09. The van der Waals surface area contributed by atoms with Crippen molar-refractivity contribution in [3.05, 3.63) is 77.7 Å². The van der Waals surface area contributed by atoms with Crippen LogP contribution in [0.15, 0.2) is 61.0 Å². The van der Waals surface area contributed by atoms with Crippen molar-refractivity contribution in [3.63, 3.8) is 0 Å². The molecule has 0 fully saturated rings. The predicted molar refractivity (Wildman–Crippen MR) is 125 cm³/mol. The van der Waals surface area contributed by atoms with Crippen LogP contribution >= 0.6 is 0 Å². The van der Waals surface area contributed by atoms with Gasteiger partial charge in [-0.2, -0.15) is 5.26 Å². The average molecular weight is 381 g/mol. The van der Waals surface area contributed by atoms with Crippen molar-refractivity contribution in [2.24, 2.45) is 0 Å². The molecule has 4 heteroatoms. The van der Waals surface area contributed by atoms with Crippen molar-refractivity contribution < 1.29 is 0 Å². The summed E-state index contributed by atoms with van der Waals surface area (Å²) in [7, 11) is 0. The third-order valence-corrected chi connectivity index (χ3v) is 3.56. The second kappa shape index (κ2) is 16.1. The molecular weight excluding hydrogens is 344 g/mol. The monoisotopic (exact) mass is 380 g/mol. The van der Waals surface area contributed by atoms with E-state index >= 15 is 0 Å². The van der Waals surface area contributed by atoms with E-state index in [0.29, 0.717) is 17.2 Å². The average Bonchev–Trinajstić information content (AvgIpc) is 2.74. The number of allylic oxidation sites excluding steroid dienone is 6. The van der Waals surface area contributed by atoms with Crippen molar-refractivity contribution >= 4 is 11.6 Å². The summed E-state index contributed by atoms with van der Waals surface area (Å²) in [6.07, 6.45) is 11.0. The van der Waals surface area contributed by atoms with Gasteiger partial charge in [-0.05, 0) is 57.0 Å². The number of nitrogens with one attached hydrogen (secondary N) is 2. The molecule has 0 amide bonds. The second-order valence-corrected chi connectivity index (χ2v) is 5.10. The molecule has 152 valence electrons. The minimum absolute atomic E-state index is 0.493. The highest BCUT2D eigenvalue weighted by Crippen LogP contribution is 2.27. The van der Waals surface area contributed by atoms with Crippen LogP contribution < -0.4 is 10.6 Å². The molecule has 0 radical (unpaired) electrons. The molecule has 0 aromatic carbocycles. The minimum atomic E-state index is 0.493. The molecule has 0 atom stereocenters. The summed E-state index contributed by atoms with van der Waals surface area (Å²) in [5, 5.41) is 15.9. The maximum Gasteiger partial charge on any atom is 0.151 e. The highest BCUT2D eigenvalue weighted by atomic mass is 15.1. The Balaban J connectivity index is 0. The highest BCUT2D eigenvalue weighted by molar-refractivity contribution is 5.68. The molecule has 2 N–H and O–H groups in total. The van der Waals surface area contributed by atoms with Gasteiger partial charge in [-0.3, -0.25) is 0 Å². The van der Waals surface area contributed by atoms with Crippen LogP contribution in [0.2, 0.25) is 0 Å². The normalized spacial score (nSPS) is 10.7. The summed E-state index contributed by atoms with van der Waals surface area (Å²) in [6.45, 7) is 23.2. The Morgan fingerprint density at radius 3 is 1.96 bits per heavy atom. The maximum atomic E-state index is 9.50. The quantitative estimate of drug-likeness (QED) is 0.492. The number of anilines is 2. The molecule has 0 bridgehead atoms. The van der Waals surface area contributed by atoms with Crippen LogP contribution in [-0.4, -0.2) is 4.98 Å². The fourth-order valence-corrected chi connectivity index (χ4v) is 2.09. The van der Waals surface area contributed by atoms with Gasteiger partial charge in [0.15, 0.2) is 5.82 Å². The fourth-order valence-electron chi connectivity index (χ4n) is 2.09. The smallest absolute Gasteiger partial charge is 0.151 e. The van der Waals surface area contributed by atoms with Gasteiger partial charge in [-0.1, -0.05) is 59.1 Å². The minimum Gasteiger partial charge on any atom is -0.340 e. The zero-order chi connectivity index (χ0) is 22.1. The van der Waals surface area contributed by atoms with Crippen LogP contribution in [0.25, 0.3) is 0 Å². The first-order valence-corrected chi connectivity index (χ1v) is 9.71. The molecular formula is C24H36N4. The first-order chi connectivity index (χ1) is 13.5. The Labute approximate surface area is 172 Å². The molecule has 0 aliphatic rings. The summed E-state index contributed by atoms with van der Waals surface area (Å²) < 4.78 is 0. The Bertz CT molecular complexity index is 760. The standard InChI is InChI=1S/C20H24N4.2C2H6/c1-7-11-16(9-3)22-19-15(6)14(5)18(13-21)20(24-19)23-17(10-4)12-8-2;2*1-2/h7-12H,2,4H2,1,3,5-6H3,(H2,22,23,24);2*1-2H3/b11-7-,16-9+,17-12+;;. The molecule has 1 aromatic heterocycles. The SMILES string of the molecule is C=C/C=C(\C=C)Nc1nc(NC(/C=C\C)=C/C)c(C)c(C)c1C#N.CC.CC. The van der Waals surface area contributed by atoms with Gasteiger partial charge in [0.25, 0.3) is 0 Å². The van der Waals surface area contributed by atoms with Crippen LogP contribution in [-0.2, 0) is 0 Å². The molecule has 1 heterocycles. The highest BCUT2D eigenvalue weighted by Gasteiger charge is 2.15. The number of nitriles is 1. The van der Waals surface area contributed by atoms with E-state index in [4.69, 9.17) is 0 Å². The molecule has 4 nitrogen and oxygen atoms in total. The van der Waals surface area contributed by atoms with E-state index in [1.165, 1.54) is 0 Å². The third-order valence-electron chi connectivity index (χ3n) is 3.56. The predicted octanol–water partition coefficient (Wildman–Crippen LogP) is 7.18. The third kappa shape index (κ3) is 8.09. The Kier molecular flexibility index (Phi) is 15.7. The first kappa shape index (κ1) is 27.2. The first-order valence-electron chi connectivity index (χ1n) is 9.71. The molecule has 0 saturated carbocycles. The summed E-state index contributed by atoms with van der Waals surface area (Å²) in [4.78, 5) is 4.60. The molecule has 0 aliphatic carbocycles. The summed E-state index contributed by atoms with van der Waals surface area (Å²) >= 11 is 0. The molecule has 1 rings (SSSR count). The zero-order valence-electron chi connectivity index (χ0n) is 18.8. The molecule has 0 spiro atoms. The molecule has 28 heavy (non-hydrogen) atoms. The van der Waals surface area contributed by atoms with Crippen LogP contribution in [0.4, 0.5) is 11.6 Å². The van der Waals surface area contributed by atoms with E-state index in [-0.39, 0.29) is 0 Å². The number of nitrogens with zero attached hydrogens (tertiary/aromatic N) is 2. The van der Waals surface area contributed by atoms with Crippen LogP contribution in [0, 0.1) is 25.2 Å². The van der Waals surface area contributed by atoms with Gasteiger partial charge in [-0.15, -0.1) is 0 Å². The molecule has 0 unspecified atom stereocenters. The van der Waals surface area contributed by atoms with Crippen molar-refractivity contribution in [2.75, 3.05) is 10.6 Å². The zero-order valence-corrected chi connectivity index (χ0v) is 18.8. The number of hydrogen-bond acceptors (Lipinski definition) is 4. The number of aromatic nitrogens is 1. The van der Waals surface area contributed by atoms with E-state index in [9.17, 15) is 5.26 Å². The summed E-state index contributed by atoms with van der Waals surface area (Å²) in [5.41, 5.74) is 4.00. The van der Waals surface area contributed by atoms with Crippen molar-refractivity contribution in [1.82, 2.24) is 4.98 Å². The number of pyridine rings is 1. The van der Waals surface area contributed by atoms with E-state index in [2.05, 4.69) is 34.8 Å². The van der Waals surface area contributed by atoms with Gasteiger partial charge in [0, 0.05) is 11.4 Å². The van der Waals surface area contributed by atoms with Gasteiger partial charge in [0.1, 0.15) is 11.9 Å². The largest absolute Gasteiger partial charge is 0.340 e. The Hall–Kier alpha value is -3.06. The topological polar surface area (TPSA) is 60.7 Å². The maximum absolute atomic E-state index is 9.50. The number of hydrogen-bond donors (Lipinski definition) is 2. The van der Waals surface area contributed by atoms with Gasteiger partial charge < -0.3 is 10.6 Å². The van der Waals surface area contributed by atoms with Crippen molar-refractivity contribution in [1.29, 1.82) is 5.26 Å². The molecule has 0 aliphatic heterocycles. The van der Waals surface area contributed by atoms with E-state index < -0.39 is 0 Å². The van der Waals surface area contributed by atoms with E-state index in [0.717, 1.165) is 22.5 Å². The lowest BCUT2D eigenvalue weighted by atomic mass is 10.1. The number of rotatable bonds is 7. The van der Waals surface area contributed by atoms with Gasteiger partial charge in [0.2, 0.25) is 0 Å². The van der Waals surface area contributed by atoms with Gasteiger partial charge in [0.05, 0.1) is 5.56 Å². The van der Waals surface area contributed by atoms with Crippen LogP contribution in [0.1, 0.15) is 58.2 Å². The van der Waals surface area contributed by atoms with Crippen LogP contribution in [0.5, 0.6) is 0 Å². The Morgan fingerprint density at radius 1 is 0.964 bits per heavy atom.